The van der Waals surface area contributed by atoms with Crippen LogP contribution in [0.1, 0.15) is 36.5 Å². The van der Waals surface area contributed by atoms with E-state index in [2.05, 4.69) is 59.4 Å². The lowest BCUT2D eigenvalue weighted by atomic mass is 9.78. The molecule has 0 radical (unpaired) electrons. The van der Waals surface area contributed by atoms with Crippen molar-refractivity contribution in [3.05, 3.63) is 67.6 Å². The van der Waals surface area contributed by atoms with Crippen LogP contribution in [0, 0.1) is 0 Å². The fourth-order valence-electron chi connectivity index (χ4n) is 2.96. The first-order chi connectivity index (χ1) is 9.88. The van der Waals surface area contributed by atoms with Gasteiger partial charge in [0.2, 0.25) is 0 Å². The predicted molar refractivity (Wildman–Crippen MR) is 93.5 cm³/mol. The minimum absolute atomic E-state index is 0.0359. The minimum Gasteiger partial charge on any atom is -0.307 e. The summed E-state index contributed by atoms with van der Waals surface area (Å²) >= 11 is 15.8. The van der Waals surface area contributed by atoms with E-state index in [-0.39, 0.29) is 11.5 Å². The lowest BCUT2D eigenvalue weighted by Crippen LogP contribution is -2.44. The molecular formula is C17H16BrCl2N. The Hall–Kier alpha value is -0.540. The van der Waals surface area contributed by atoms with Crippen molar-refractivity contribution in [3.8, 4) is 0 Å². The summed E-state index contributed by atoms with van der Waals surface area (Å²) in [6.45, 7) is 5.31. The van der Waals surface area contributed by atoms with Gasteiger partial charge in [-0.15, -0.1) is 0 Å². The summed E-state index contributed by atoms with van der Waals surface area (Å²) in [5.74, 6) is 0.288. The maximum Gasteiger partial charge on any atom is 0.0595 e. The van der Waals surface area contributed by atoms with Crippen LogP contribution >= 0.6 is 39.1 Å². The summed E-state index contributed by atoms with van der Waals surface area (Å²) in [7, 11) is 0. The number of benzene rings is 2. The van der Waals surface area contributed by atoms with Crippen LogP contribution in [0.4, 0.5) is 0 Å². The van der Waals surface area contributed by atoms with E-state index in [1.54, 1.807) is 0 Å². The molecule has 3 rings (SSSR count). The van der Waals surface area contributed by atoms with Crippen molar-refractivity contribution in [1.82, 2.24) is 5.32 Å². The molecule has 1 aliphatic heterocycles. The summed E-state index contributed by atoms with van der Waals surface area (Å²) < 4.78 is 1.10. The standard InChI is InChI=1S/C17H16BrCl2N/c1-17(2)14-8-11(18)4-5-12(14)13(9-21-17)10-3-6-15(19)16(20)7-10/h3-8,13,21H,9H2,1-2H3. The first-order valence-corrected chi connectivity index (χ1v) is 8.43. The second kappa shape index (κ2) is 5.58. The normalized spacial score (nSPS) is 20.1. The molecule has 0 saturated heterocycles. The highest BCUT2D eigenvalue weighted by Crippen LogP contribution is 2.39. The Bertz CT molecular complexity index is 697. The highest BCUT2D eigenvalue weighted by molar-refractivity contribution is 9.10. The summed E-state index contributed by atoms with van der Waals surface area (Å²) in [6, 6.07) is 12.4. The molecule has 0 aliphatic carbocycles. The van der Waals surface area contributed by atoms with Crippen molar-refractivity contribution >= 4 is 39.1 Å². The Balaban J connectivity index is 2.12. The Morgan fingerprint density at radius 2 is 1.86 bits per heavy atom. The van der Waals surface area contributed by atoms with Crippen LogP contribution in [0.25, 0.3) is 0 Å². The molecule has 1 heterocycles. The van der Waals surface area contributed by atoms with Gasteiger partial charge in [0.1, 0.15) is 0 Å². The highest BCUT2D eigenvalue weighted by Gasteiger charge is 2.33. The van der Waals surface area contributed by atoms with Crippen molar-refractivity contribution in [2.24, 2.45) is 0 Å². The Morgan fingerprint density at radius 1 is 1.10 bits per heavy atom. The van der Waals surface area contributed by atoms with Crippen molar-refractivity contribution in [2.45, 2.75) is 25.3 Å². The van der Waals surface area contributed by atoms with Crippen molar-refractivity contribution < 1.29 is 0 Å². The van der Waals surface area contributed by atoms with Crippen molar-refractivity contribution in [1.29, 1.82) is 0 Å². The van der Waals surface area contributed by atoms with Gasteiger partial charge in [0.15, 0.2) is 0 Å². The second-order valence-electron chi connectivity index (χ2n) is 5.96. The molecule has 1 N–H and O–H groups in total. The summed E-state index contributed by atoms with van der Waals surface area (Å²) in [6.07, 6.45) is 0. The molecule has 0 fully saturated rings. The fraction of sp³-hybridized carbons (Fsp3) is 0.294. The molecule has 0 bridgehead atoms. The maximum atomic E-state index is 6.18. The van der Waals surface area contributed by atoms with Crippen LogP contribution in [0.2, 0.25) is 10.0 Å². The maximum absolute atomic E-state index is 6.18. The number of hydrogen-bond donors (Lipinski definition) is 1. The highest BCUT2D eigenvalue weighted by atomic mass is 79.9. The smallest absolute Gasteiger partial charge is 0.0595 e. The van der Waals surface area contributed by atoms with Gasteiger partial charge in [-0.3, -0.25) is 0 Å². The number of rotatable bonds is 1. The van der Waals surface area contributed by atoms with Crippen LogP contribution in [0.5, 0.6) is 0 Å². The molecule has 2 aromatic rings. The van der Waals surface area contributed by atoms with Gasteiger partial charge in [0.25, 0.3) is 0 Å². The molecular weight excluding hydrogens is 369 g/mol. The number of nitrogens with one attached hydrogen (secondary N) is 1. The Morgan fingerprint density at radius 3 is 2.57 bits per heavy atom. The zero-order valence-electron chi connectivity index (χ0n) is 11.9. The van der Waals surface area contributed by atoms with Crippen LogP contribution in [0.3, 0.4) is 0 Å². The van der Waals surface area contributed by atoms with E-state index >= 15 is 0 Å². The third-order valence-electron chi connectivity index (χ3n) is 4.16. The number of fused-ring (bicyclic) bond motifs is 1. The number of halogens is 3. The van der Waals surface area contributed by atoms with Gasteiger partial charge in [-0.2, -0.15) is 0 Å². The molecule has 1 nitrogen and oxygen atoms in total. The monoisotopic (exact) mass is 383 g/mol. The van der Waals surface area contributed by atoms with Crippen molar-refractivity contribution in [2.75, 3.05) is 6.54 Å². The molecule has 1 atom stereocenters. The SMILES string of the molecule is CC1(C)NCC(c2ccc(Cl)c(Cl)c2)c2ccc(Br)cc21. The lowest BCUT2D eigenvalue weighted by Gasteiger charge is -2.38. The molecule has 1 aliphatic rings. The summed E-state index contributed by atoms with van der Waals surface area (Å²) in [4.78, 5) is 0. The molecule has 1 unspecified atom stereocenters. The van der Waals surface area contributed by atoms with Crippen LogP contribution < -0.4 is 5.32 Å². The van der Waals surface area contributed by atoms with E-state index < -0.39 is 0 Å². The summed E-state index contributed by atoms with van der Waals surface area (Å²) in [5.41, 5.74) is 3.82. The number of hydrogen-bond acceptors (Lipinski definition) is 1. The van der Waals surface area contributed by atoms with Gasteiger partial charge in [-0.05, 0) is 54.8 Å². The Kier molecular flexibility index (Phi) is 4.08. The third kappa shape index (κ3) is 2.87. The minimum atomic E-state index is -0.0359. The first-order valence-electron chi connectivity index (χ1n) is 6.88. The van der Waals surface area contributed by atoms with Crippen LogP contribution in [-0.4, -0.2) is 6.54 Å². The zero-order chi connectivity index (χ0) is 15.2. The van der Waals surface area contributed by atoms with E-state index in [4.69, 9.17) is 23.2 Å². The zero-order valence-corrected chi connectivity index (χ0v) is 15.0. The largest absolute Gasteiger partial charge is 0.307 e. The molecule has 0 saturated carbocycles. The molecule has 0 aromatic heterocycles. The molecule has 21 heavy (non-hydrogen) atoms. The van der Waals surface area contributed by atoms with Crippen LogP contribution in [-0.2, 0) is 5.54 Å². The predicted octanol–water partition coefficient (Wildman–Crippen LogP) is 5.73. The topological polar surface area (TPSA) is 12.0 Å². The fourth-order valence-corrected chi connectivity index (χ4v) is 3.63. The van der Waals surface area contributed by atoms with Gasteiger partial charge in [0.05, 0.1) is 10.0 Å². The third-order valence-corrected chi connectivity index (χ3v) is 5.39. The van der Waals surface area contributed by atoms with Crippen molar-refractivity contribution in [3.63, 3.8) is 0 Å². The molecule has 2 aromatic carbocycles. The van der Waals surface area contributed by atoms with Gasteiger partial charge in [-0.1, -0.05) is 51.3 Å². The van der Waals surface area contributed by atoms with E-state index in [1.807, 2.05) is 12.1 Å². The van der Waals surface area contributed by atoms with Gasteiger partial charge >= 0.3 is 0 Å². The molecule has 0 amide bonds. The van der Waals surface area contributed by atoms with E-state index in [0.29, 0.717) is 10.0 Å². The van der Waals surface area contributed by atoms with E-state index in [1.165, 1.54) is 16.7 Å². The van der Waals surface area contributed by atoms with Gasteiger partial charge < -0.3 is 5.32 Å². The van der Waals surface area contributed by atoms with Gasteiger partial charge in [0, 0.05) is 22.5 Å². The Labute approximate surface area is 143 Å². The van der Waals surface area contributed by atoms with E-state index in [9.17, 15) is 0 Å². The molecule has 0 spiro atoms. The first kappa shape index (κ1) is 15.4. The average Bonchev–Trinajstić information content (AvgIpc) is 2.43. The average molecular weight is 385 g/mol. The van der Waals surface area contributed by atoms with E-state index in [0.717, 1.165) is 11.0 Å². The summed E-state index contributed by atoms with van der Waals surface area (Å²) in [5, 5.41) is 4.83. The quantitative estimate of drug-likeness (QED) is 0.662. The second-order valence-corrected chi connectivity index (χ2v) is 7.69. The molecule has 110 valence electrons. The van der Waals surface area contributed by atoms with Crippen LogP contribution in [0.15, 0.2) is 40.9 Å². The lowest BCUT2D eigenvalue weighted by molar-refractivity contribution is 0.366. The molecule has 4 heteroatoms. The van der Waals surface area contributed by atoms with Gasteiger partial charge in [-0.25, -0.2) is 0 Å².